The summed E-state index contributed by atoms with van der Waals surface area (Å²) in [7, 11) is 1.88. The number of hydrogen-bond donors (Lipinski definition) is 1. The molecular weight excluding hydrogens is 262 g/mol. The van der Waals surface area contributed by atoms with Crippen LogP contribution in [0.5, 0.6) is 0 Å². The van der Waals surface area contributed by atoms with Crippen molar-refractivity contribution < 1.29 is 19.5 Å². The highest BCUT2D eigenvalue weighted by Crippen LogP contribution is 2.10. The third-order valence-electron chi connectivity index (χ3n) is 3.66. The van der Waals surface area contributed by atoms with Gasteiger partial charge in [0.2, 0.25) is 11.8 Å². The lowest BCUT2D eigenvalue weighted by molar-refractivity contribution is -0.152. The van der Waals surface area contributed by atoms with Crippen LogP contribution in [0.15, 0.2) is 0 Å². The molecule has 0 bridgehead atoms. The van der Waals surface area contributed by atoms with Gasteiger partial charge in [0.1, 0.15) is 6.54 Å². The molecule has 1 atom stereocenters. The van der Waals surface area contributed by atoms with Gasteiger partial charge in [-0.25, -0.2) is 0 Å². The Labute approximate surface area is 119 Å². The Hall–Kier alpha value is -1.63. The van der Waals surface area contributed by atoms with Gasteiger partial charge in [-0.1, -0.05) is 13.8 Å². The molecule has 1 heterocycles. The molecule has 0 aromatic rings. The molecule has 7 nitrogen and oxygen atoms in total. The van der Waals surface area contributed by atoms with Gasteiger partial charge >= 0.3 is 5.97 Å². The molecule has 0 radical (unpaired) electrons. The largest absolute Gasteiger partial charge is 0.480 e. The second kappa shape index (κ2) is 7.23. The highest BCUT2D eigenvalue weighted by molar-refractivity contribution is 5.89. The number of carbonyl (C=O) groups excluding carboxylic acids is 2. The normalized spacial score (nSPS) is 17.5. The number of piperazine rings is 1. The molecule has 0 aromatic carbocycles. The summed E-state index contributed by atoms with van der Waals surface area (Å²) in [4.78, 5) is 39.6. The van der Waals surface area contributed by atoms with E-state index in [-0.39, 0.29) is 37.5 Å². The number of carboxylic acids is 1. The Morgan fingerprint density at radius 3 is 2.45 bits per heavy atom. The molecule has 1 saturated heterocycles. The van der Waals surface area contributed by atoms with Crippen LogP contribution in [0.1, 0.15) is 20.3 Å². The Balaban J connectivity index is 2.64. The van der Waals surface area contributed by atoms with E-state index >= 15 is 0 Å². The van der Waals surface area contributed by atoms with E-state index in [0.717, 1.165) is 6.54 Å². The number of rotatable bonds is 6. The Morgan fingerprint density at radius 2 is 2.00 bits per heavy atom. The maximum absolute atomic E-state index is 12.4. The fourth-order valence-corrected chi connectivity index (χ4v) is 2.33. The monoisotopic (exact) mass is 285 g/mol. The molecule has 20 heavy (non-hydrogen) atoms. The van der Waals surface area contributed by atoms with Crippen LogP contribution in [0.3, 0.4) is 0 Å². The van der Waals surface area contributed by atoms with Crippen molar-refractivity contribution in [1.29, 1.82) is 0 Å². The third kappa shape index (κ3) is 3.93. The molecule has 114 valence electrons. The molecular formula is C13H23N3O4. The molecule has 0 aromatic heterocycles. The second-order valence-corrected chi connectivity index (χ2v) is 4.97. The summed E-state index contributed by atoms with van der Waals surface area (Å²) >= 11 is 0. The lowest BCUT2D eigenvalue weighted by atomic mass is 10.1. The zero-order valence-corrected chi connectivity index (χ0v) is 12.3. The van der Waals surface area contributed by atoms with Crippen molar-refractivity contribution in [3.05, 3.63) is 0 Å². The Bertz CT molecular complexity index is 386. The number of amides is 2. The zero-order valence-electron chi connectivity index (χ0n) is 12.3. The summed E-state index contributed by atoms with van der Waals surface area (Å²) in [6.45, 7) is 5.03. The maximum Gasteiger partial charge on any atom is 0.323 e. The summed E-state index contributed by atoms with van der Waals surface area (Å²) in [6.07, 6.45) is 0.687. The van der Waals surface area contributed by atoms with Gasteiger partial charge in [0.25, 0.3) is 0 Å². The highest BCUT2D eigenvalue weighted by Gasteiger charge is 2.32. The number of aliphatic carboxylic acids is 1. The number of hydrogen-bond acceptors (Lipinski definition) is 4. The van der Waals surface area contributed by atoms with Crippen molar-refractivity contribution >= 4 is 17.8 Å². The van der Waals surface area contributed by atoms with E-state index in [0.29, 0.717) is 13.0 Å². The van der Waals surface area contributed by atoms with Crippen LogP contribution in [-0.2, 0) is 14.4 Å². The van der Waals surface area contributed by atoms with Crippen LogP contribution in [-0.4, -0.2) is 83.4 Å². The average molecular weight is 285 g/mol. The first-order valence-corrected chi connectivity index (χ1v) is 6.89. The van der Waals surface area contributed by atoms with Crippen molar-refractivity contribution in [2.45, 2.75) is 26.3 Å². The first-order chi connectivity index (χ1) is 9.40. The molecule has 0 spiro atoms. The van der Waals surface area contributed by atoms with E-state index in [2.05, 4.69) is 0 Å². The number of nitrogens with zero attached hydrogens (tertiary/aromatic N) is 3. The molecule has 0 saturated carbocycles. The fourth-order valence-electron chi connectivity index (χ4n) is 2.33. The molecule has 1 N–H and O–H groups in total. The minimum absolute atomic E-state index is 0.0276. The van der Waals surface area contributed by atoms with Gasteiger partial charge in [-0.3, -0.25) is 19.3 Å². The van der Waals surface area contributed by atoms with Crippen molar-refractivity contribution in [2.75, 3.05) is 39.8 Å². The second-order valence-electron chi connectivity index (χ2n) is 4.97. The molecule has 1 unspecified atom stereocenters. The zero-order chi connectivity index (χ0) is 15.3. The van der Waals surface area contributed by atoms with Crippen LogP contribution < -0.4 is 0 Å². The van der Waals surface area contributed by atoms with Crippen LogP contribution >= 0.6 is 0 Å². The van der Waals surface area contributed by atoms with Crippen LogP contribution in [0.25, 0.3) is 0 Å². The summed E-state index contributed by atoms with van der Waals surface area (Å²) in [5.74, 6) is -1.39. The maximum atomic E-state index is 12.4. The summed E-state index contributed by atoms with van der Waals surface area (Å²) in [6, 6.07) is -0.223. The minimum Gasteiger partial charge on any atom is -0.480 e. The van der Waals surface area contributed by atoms with Gasteiger partial charge in [-0.15, -0.1) is 0 Å². The highest BCUT2D eigenvalue weighted by atomic mass is 16.4. The first-order valence-electron chi connectivity index (χ1n) is 6.89. The Kier molecular flexibility index (Phi) is 5.94. The lowest BCUT2D eigenvalue weighted by Gasteiger charge is -2.36. The molecule has 0 aliphatic carbocycles. The number of likely N-dealkylation sites (N-methyl/N-ethyl adjacent to an activating group) is 1. The summed E-state index contributed by atoms with van der Waals surface area (Å²) in [5, 5.41) is 8.71. The molecule has 2 amide bonds. The van der Waals surface area contributed by atoms with Crippen LogP contribution in [0, 0.1) is 0 Å². The van der Waals surface area contributed by atoms with Gasteiger partial charge < -0.3 is 14.9 Å². The molecule has 1 aliphatic rings. The van der Waals surface area contributed by atoms with Crippen molar-refractivity contribution in [3.8, 4) is 0 Å². The quantitative estimate of drug-likeness (QED) is 0.709. The van der Waals surface area contributed by atoms with Crippen LogP contribution in [0.4, 0.5) is 0 Å². The predicted octanol–water partition coefficient (Wildman–Crippen LogP) is -0.528. The SMILES string of the molecule is CCC(C(=O)N1CCN(CC(=O)O)C(=O)C1)N(C)CC. The van der Waals surface area contributed by atoms with Gasteiger partial charge in [0.15, 0.2) is 0 Å². The minimum atomic E-state index is -1.03. The molecule has 7 heteroatoms. The van der Waals surface area contributed by atoms with E-state index in [4.69, 9.17) is 5.11 Å². The van der Waals surface area contributed by atoms with Gasteiger partial charge in [0, 0.05) is 13.1 Å². The standard InChI is InChI=1S/C13H23N3O4/c1-4-10(14(3)5-2)13(20)16-7-6-15(9-12(18)19)11(17)8-16/h10H,4-9H2,1-3H3,(H,18,19). The van der Waals surface area contributed by atoms with E-state index in [1.54, 1.807) is 0 Å². The predicted molar refractivity (Wildman–Crippen MR) is 73.2 cm³/mol. The summed E-state index contributed by atoms with van der Waals surface area (Å²) in [5.41, 5.74) is 0. The van der Waals surface area contributed by atoms with Gasteiger partial charge in [-0.05, 0) is 20.0 Å². The van der Waals surface area contributed by atoms with Crippen LogP contribution in [0.2, 0.25) is 0 Å². The first kappa shape index (κ1) is 16.4. The average Bonchev–Trinajstić information content (AvgIpc) is 2.40. The lowest BCUT2D eigenvalue weighted by Crippen LogP contribution is -2.57. The fraction of sp³-hybridized carbons (Fsp3) is 0.769. The third-order valence-corrected chi connectivity index (χ3v) is 3.66. The van der Waals surface area contributed by atoms with Crippen molar-refractivity contribution in [2.24, 2.45) is 0 Å². The van der Waals surface area contributed by atoms with E-state index in [1.165, 1.54) is 9.80 Å². The molecule has 1 rings (SSSR count). The summed E-state index contributed by atoms with van der Waals surface area (Å²) < 4.78 is 0. The van der Waals surface area contributed by atoms with Crippen molar-refractivity contribution in [3.63, 3.8) is 0 Å². The Morgan fingerprint density at radius 1 is 1.35 bits per heavy atom. The van der Waals surface area contributed by atoms with E-state index < -0.39 is 5.97 Å². The number of carbonyl (C=O) groups is 3. The molecule has 1 fully saturated rings. The topological polar surface area (TPSA) is 81.2 Å². The van der Waals surface area contributed by atoms with Gasteiger partial charge in [-0.2, -0.15) is 0 Å². The van der Waals surface area contributed by atoms with E-state index in [1.807, 2.05) is 25.8 Å². The molecule has 1 aliphatic heterocycles. The number of carboxylic acid groups (broad SMARTS) is 1. The van der Waals surface area contributed by atoms with Gasteiger partial charge in [0.05, 0.1) is 12.6 Å². The van der Waals surface area contributed by atoms with E-state index in [9.17, 15) is 14.4 Å². The smallest absolute Gasteiger partial charge is 0.323 e. The van der Waals surface area contributed by atoms with Crippen molar-refractivity contribution in [1.82, 2.24) is 14.7 Å².